The predicted molar refractivity (Wildman–Crippen MR) is 100 cm³/mol. The molecule has 2 aromatic carbocycles. The summed E-state index contributed by atoms with van der Waals surface area (Å²) in [6.07, 6.45) is 2.36. The van der Waals surface area contributed by atoms with Gasteiger partial charge in [0.15, 0.2) is 11.7 Å². The highest BCUT2D eigenvalue weighted by molar-refractivity contribution is 6.31. The monoisotopic (exact) mass is 374 g/mol. The van der Waals surface area contributed by atoms with E-state index in [0.29, 0.717) is 28.1 Å². The van der Waals surface area contributed by atoms with Crippen molar-refractivity contribution in [1.29, 1.82) is 0 Å². The summed E-state index contributed by atoms with van der Waals surface area (Å²) >= 11 is 11.8. The van der Waals surface area contributed by atoms with E-state index in [2.05, 4.69) is 10.3 Å². The van der Waals surface area contributed by atoms with Crippen molar-refractivity contribution < 1.29 is 9.21 Å². The van der Waals surface area contributed by atoms with Gasteiger partial charge in [0.25, 0.3) is 0 Å². The van der Waals surface area contributed by atoms with Crippen molar-refractivity contribution in [3.05, 3.63) is 70.2 Å². The molecular weight excluding hydrogens is 359 g/mol. The lowest BCUT2D eigenvalue weighted by Gasteiger charge is -2.08. The summed E-state index contributed by atoms with van der Waals surface area (Å²) in [5.74, 6) is 1.07. The van der Waals surface area contributed by atoms with Crippen LogP contribution in [0.15, 0.2) is 53.1 Å². The number of carbonyl (C=O) groups excluding carboxylic acids is 1. The van der Waals surface area contributed by atoms with Crippen LogP contribution in [0.25, 0.3) is 11.3 Å². The first-order valence-electron chi connectivity index (χ1n) is 7.78. The first-order valence-corrected chi connectivity index (χ1v) is 8.53. The predicted octanol–water partition coefficient (Wildman–Crippen LogP) is 5.53. The van der Waals surface area contributed by atoms with Crippen molar-refractivity contribution >= 4 is 34.8 Å². The maximum Gasteiger partial charge on any atom is 0.224 e. The van der Waals surface area contributed by atoms with Gasteiger partial charge >= 0.3 is 0 Å². The number of nitrogens with zero attached hydrogens (tertiary/aromatic N) is 1. The van der Waals surface area contributed by atoms with Crippen molar-refractivity contribution in [2.75, 3.05) is 5.32 Å². The van der Waals surface area contributed by atoms with Crippen LogP contribution in [0.5, 0.6) is 0 Å². The molecule has 0 saturated heterocycles. The zero-order valence-corrected chi connectivity index (χ0v) is 15.1. The average Bonchev–Trinajstić information content (AvgIpc) is 3.05. The molecule has 0 aliphatic rings. The Kier molecular flexibility index (Phi) is 5.41. The normalized spacial score (nSPS) is 10.7. The van der Waals surface area contributed by atoms with Crippen molar-refractivity contribution in [3.8, 4) is 11.3 Å². The SMILES string of the molecule is Cc1cc(Cl)ccc1NC(=O)CCc1ncc(-c2ccc(Cl)cc2)o1. The third kappa shape index (κ3) is 4.62. The Labute approximate surface area is 155 Å². The molecular formula is C19H16Cl2N2O2. The van der Waals surface area contributed by atoms with E-state index < -0.39 is 0 Å². The largest absolute Gasteiger partial charge is 0.441 e. The van der Waals surface area contributed by atoms with Gasteiger partial charge in [0, 0.05) is 34.1 Å². The summed E-state index contributed by atoms with van der Waals surface area (Å²) in [4.78, 5) is 16.3. The van der Waals surface area contributed by atoms with E-state index in [4.69, 9.17) is 27.6 Å². The van der Waals surface area contributed by atoms with E-state index in [1.807, 2.05) is 25.1 Å². The third-order valence-corrected chi connectivity index (χ3v) is 4.20. The molecule has 0 aliphatic carbocycles. The lowest BCUT2D eigenvalue weighted by atomic mass is 10.2. The fourth-order valence-electron chi connectivity index (χ4n) is 2.37. The highest BCUT2D eigenvalue weighted by atomic mass is 35.5. The van der Waals surface area contributed by atoms with Gasteiger partial charge in [-0.3, -0.25) is 4.79 Å². The number of rotatable bonds is 5. The zero-order chi connectivity index (χ0) is 17.8. The average molecular weight is 375 g/mol. The van der Waals surface area contributed by atoms with E-state index in [1.54, 1.807) is 30.5 Å². The maximum atomic E-state index is 12.1. The van der Waals surface area contributed by atoms with Gasteiger partial charge < -0.3 is 9.73 Å². The second kappa shape index (κ2) is 7.72. The summed E-state index contributed by atoms with van der Waals surface area (Å²) in [7, 11) is 0. The number of oxazole rings is 1. The molecule has 0 atom stereocenters. The maximum absolute atomic E-state index is 12.1. The van der Waals surface area contributed by atoms with Crippen LogP contribution < -0.4 is 5.32 Å². The fraction of sp³-hybridized carbons (Fsp3) is 0.158. The molecule has 1 aromatic heterocycles. The minimum Gasteiger partial charge on any atom is -0.441 e. The molecule has 25 heavy (non-hydrogen) atoms. The van der Waals surface area contributed by atoms with Crippen LogP contribution in [0, 0.1) is 6.92 Å². The van der Waals surface area contributed by atoms with Crippen LogP contribution in [0.4, 0.5) is 5.69 Å². The summed E-state index contributed by atoms with van der Waals surface area (Å²) < 4.78 is 5.70. The molecule has 0 spiro atoms. The molecule has 4 nitrogen and oxygen atoms in total. The van der Waals surface area contributed by atoms with E-state index in [9.17, 15) is 4.79 Å². The number of aryl methyl sites for hydroxylation is 2. The molecule has 1 heterocycles. The van der Waals surface area contributed by atoms with Crippen LogP contribution in [-0.2, 0) is 11.2 Å². The van der Waals surface area contributed by atoms with Crippen molar-refractivity contribution in [3.63, 3.8) is 0 Å². The second-order valence-electron chi connectivity index (χ2n) is 5.63. The molecule has 1 N–H and O–H groups in total. The Hall–Kier alpha value is -2.30. The van der Waals surface area contributed by atoms with E-state index in [0.717, 1.165) is 16.8 Å². The van der Waals surface area contributed by atoms with Gasteiger partial charge in [-0.05, 0) is 55.0 Å². The number of benzene rings is 2. The molecule has 1 amide bonds. The lowest BCUT2D eigenvalue weighted by molar-refractivity contribution is -0.116. The van der Waals surface area contributed by atoms with Gasteiger partial charge in [-0.25, -0.2) is 4.98 Å². The number of halogens is 2. The van der Waals surface area contributed by atoms with Gasteiger partial charge in [0.05, 0.1) is 6.20 Å². The number of anilines is 1. The molecule has 6 heteroatoms. The summed E-state index contributed by atoms with van der Waals surface area (Å²) in [5.41, 5.74) is 2.56. The molecule has 0 radical (unpaired) electrons. The number of nitrogens with one attached hydrogen (secondary N) is 1. The quantitative estimate of drug-likeness (QED) is 0.638. The Bertz CT molecular complexity index is 889. The van der Waals surface area contributed by atoms with Crippen molar-refractivity contribution in [2.45, 2.75) is 19.8 Å². The van der Waals surface area contributed by atoms with Crippen molar-refractivity contribution in [1.82, 2.24) is 4.98 Å². The van der Waals surface area contributed by atoms with Crippen LogP contribution in [-0.4, -0.2) is 10.9 Å². The van der Waals surface area contributed by atoms with Gasteiger partial charge in [0.2, 0.25) is 5.91 Å². The second-order valence-corrected chi connectivity index (χ2v) is 6.51. The molecule has 0 aliphatic heterocycles. The zero-order valence-electron chi connectivity index (χ0n) is 13.6. The minimum atomic E-state index is -0.100. The highest BCUT2D eigenvalue weighted by Crippen LogP contribution is 2.23. The van der Waals surface area contributed by atoms with E-state index >= 15 is 0 Å². The van der Waals surface area contributed by atoms with Crippen LogP contribution in [0.1, 0.15) is 17.9 Å². The summed E-state index contributed by atoms with van der Waals surface area (Å²) in [5, 5.41) is 4.18. The first-order chi connectivity index (χ1) is 12.0. The number of aromatic nitrogens is 1. The molecule has 128 valence electrons. The molecule has 3 rings (SSSR count). The first kappa shape index (κ1) is 17.5. The van der Waals surface area contributed by atoms with Gasteiger partial charge in [0.1, 0.15) is 0 Å². The molecule has 0 bridgehead atoms. The van der Waals surface area contributed by atoms with E-state index in [-0.39, 0.29) is 12.3 Å². The van der Waals surface area contributed by atoms with Crippen molar-refractivity contribution in [2.24, 2.45) is 0 Å². The molecule has 0 unspecified atom stereocenters. The standard InChI is InChI=1S/C19H16Cl2N2O2/c1-12-10-15(21)6-7-16(12)23-18(24)8-9-19-22-11-17(25-19)13-2-4-14(20)5-3-13/h2-7,10-11H,8-9H2,1H3,(H,23,24). The Morgan fingerprint density at radius 3 is 2.56 bits per heavy atom. The summed E-state index contributed by atoms with van der Waals surface area (Å²) in [6.45, 7) is 1.90. The third-order valence-electron chi connectivity index (χ3n) is 3.71. The topological polar surface area (TPSA) is 55.1 Å². The minimum absolute atomic E-state index is 0.100. The smallest absolute Gasteiger partial charge is 0.224 e. The van der Waals surface area contributed by atoms with Crippen LogP contribution in [0.2, 0.25) is 10.0 Å². The molecule has 0 saturated carbocycles. The number of amides is 1. The van der Waals surface area contributed by atoms with Crippen LogP contribution >= 0.6 is 23.2 Å². The Morgan fingerprint density at radius 2 is 1.84 bits per heavy atom. The fourth-order valence-corrected chi connectivity index (χ4v) is 2.73. The van der Waals surface area contributed by atoms with Crippen LogP contribution in [0.3, 0.4) is 0 Å². The lowest BCUT2D eigenvalue weighted by Crippen LogP contribution is -2.13. The number of hydrogen-bond donors (Lipinski definition) is 1. The Balaban J connectivity index is 1.58. The van der Waals surface area contributed by atoms with Gasteiger partial charge in [-0.15, -0.1) is 0 Å². The van der Waals surface area contributed by atoms with E-state index in [1.165, 1.54) is 0 Å². The van der Waals surface area contributed by atoms with Gasteiger partial charge in [-0.1, -0.05) is 23.2 Å². The molecule has 0 fully saturated rings. The number of hydrogen-bond acceptors (Lipinski definition) is 3. The van der Waals surface area contributed by atoms with Gasteiger partial charge in [-0.2, -0.15) is 0 Å². The summed E-state index contributed by atoms with van der Waals surface area (Å²) in [6, 6.07) is 12.7. The molecule has 3 aromatic rings. The highest BCUT2D eigenvalue weighted by Gasteiger charge is 2.10. The number of carbonyl (C=O) groups is 1. The Morgan fingerprint density at radius 1 is 1.12 bits per heavy atom.